The Labute approximate surface area is 114 Å². The van der Waals surface area contributed by atoms with Crippen LogP contribution >= 0.6 is 12.2 Å². The van der Waals surface area contributed by atoms with E-state index in [1.807, 2.05) is 0 Å². The first-order valence-electron chi connectivity index (χ1n) is 7.06. The molecule has 18 heavy (non-hydrogen) atoms. The zero-order valence-corrected chi connectivity index (χ0v) is 12.6. The summed E-state index contributed by atoms with van der Waals surface area (Å²) in [6.45, 7) is 9.44. The Morgan fingerprint density at radius 1 is 1.44 bits per heavy atom. The second-order valence-electron chi connectivity index (χ2n) is 6.99. The van der Waals surface area contributed by atoms with Crippen molar-refractivity contribution in [2.45, 2.75) is 59.4 Å². The van der Waals surface area contributed by atoms with Gasteiger partial charge in [-0.25, -0.2) is 0 Å². The molecule has 1 N–H and O–H groups in total. The van der Waals surface area contributed by atoms with Gasteiger partial charge < -0.3 is 0 Å². The van der Waals surface area contributed by atoms with Gasteiger partial charge in [-0.05, 0) is 48.2 Å². The monoisotopic (exact) mass is 265 g/mol. The summed E-state index contributed by atoms with van der Waals surface area (Å²) < 4.78 is 3.13. The molecular formula is C14H23N3S. The Morgan fingerprint density at radius 3 is 2.72 bits per heavy atom. The van der Waals surface area contributed by atoms with Crippen LogP contribution in [0.5, 0.6) is 0 Å². The van der Waals surface area contributed by atoms with Crippen LogP contribution in [0.25, 0.3) is 0 Å². The highest BCUT2D eigenvalue weighted by Gasteiger charge is 2.60. The van der Waals surface area contributed by atoms with E-state index in [0.29, 0.717) is 16.9 Å². The lowest BCUT2D eigenvalue weighted by Gasteiger charge is -2.43. The fraction of sp³-hybridized carbons (Fsp3) is 0.857. The Balaban J connectivity index is 2.16. The highest BCUT2D eigenvalue weighted by molar-refractivity contribution is 7.71. The van der Waals surface area contributed by atoms with Crippen molar-refractivity contribution in [1.82, 2.24) is 14.8 Å². The molecule has 100 valence electrons. The van der Waals surface area contributed by atoms with Gasteiger partial charge in [-0.1, -0.05) is 27.7 Å². The smallest absolute Gasteiger partial charge is 0.195 e. The lowest BCUT2D eigenvalue weighted by Crippen LogP contribution is -2.38. The summed E-state index contributed by atoms with van der Waals surface area (Å²) >= 11 is 5.49. The molecule has 0 aliphatic heterocycles. The van der Waals surface area contributed by atoms with Crippen LogP contribution in [0, 0.1) is 21.5 Å². The van der Waals surface area contributed by atoms with Crippen LogP contribution in [0.15, 0.2) is 0 Å². The average Bonchev–Trinajstić information content (AvgIpc) is 2.89. The second-order valence-corrected chi connectivity index (χ2v) is 7.37. The average molecular weight is 265 g/mol. The summed E-state index contributed by atoms with van der Waals surface area (Å²) in [6.07, 6.45) is 5.01. The van der Waals surface area contributed by atoms with Gasteiger partial charge in [0.2, 0.25) is 0 Å². The van der Waals surface area contributed by atoms with Crippen molar-refractivity contribution in [3.05, 3.63) is 10.6 Å². The minimum atomic E-state index is 0.332. The van der Waals surface area contributed by atoms with Gasteiger partial charge in [0.05, 0.1) is 0 Å². The van der Waals surface area contributed by atoms with Crippen molar-refractivity contribution >= 4 is 12.2 Å². The van der Waals surface area contributed by atoms with Gasteiger partial charge in [0, 0.05) is 12.5 Å². The van der Waals surface area contributed by atoms with E-state index in [2.05, 4.69) is 42.5 Å². The molecule has 1 heterocycles. The minimum Gasteiger partial charge on any atom is -0.300 e. The second kappa shape index (κ2) is 3.69. The maximum atomic E-state index is 5.49. The van der Waals surface area contributed by atoms with Crippen molar-refractivity contribution in [3.8, 4) is 0 Å². The molecule has 0 amide bonds. The van der Waals surface area contributed by atoms with Crippen LogP contribution < -0.4 is 0 Å². The number of rotatable bonds is 2. The molecule has 3 atom stereocenters. The Hall–Kier alpha value is -0.640. The SMILES string of the molecule is CCc1n[nH]c(=S)n1C1C2(C)CCC(C2)C1(C)C. The summed E-state index contributed by atoms with van der Waals surface area (Å²) in [4.78, 5) is 0. The van der Waals surface area contributed by atoms with Gasteiger partial charge in [0.25, 0.3) is 0 Å². The third kappa shape index (κ3) is 1.41. The number of hydrogen-bond donors (Lipinski definition) is 1. The van der Waals surface area contributed by atoms with Gasteiger partial charge in [0.15, 0.2) is 4.77 Å². The van der Waals surface area contributed by atoms with Crippen LogP contribution in [-0.4, -0.2) is 14.8 Å². The molecule has 2 aliphatic carbocycles. The number of nitrogens with one attached hydrogen (secondary N) is 1. The van der Waals surface area contributed by atoms with E-state index in [0.717, 1.165) is 22.9 Å². The molecule has 3 nitrogen and oxygen atoms in total. The van der Waals surface area contributed by atoms with E-state index < -0.39 is 0 Å². The molecule has 0 saturated heterocycles. The Bertz CT molecular complexity index is 523. The summed E-state index contributed by atoms with van der Waals surface area (Å²) in [5.41, 5.74) is 0.735. The van der Waals surface area contributed by atoms with E-state index >= 15 is 0 Å². The van der Waals surface area contributed by atoms with Crippen LogP contribution in [0.1, 0.15) is 58.8 Å². The zero-order chi connectivity index (χ0) is 13.1. The standard InChI is InChI=1S/C14H23N3S/c1-5-10-15-16-12(18)17(10)11-13(2,3)9-6-7-14(11,4)8-9/h9,11H,5-8H2,1-4H3,(H,16,18). The van der Waals surface area contributed by atoms with Crippen molar-refractivity contribution in [1.29, 1.82) is 0 Å². The van der Waals surface area contributed by atoms with E-state index in [9.17, 15) is 0 Å². The third-order valence-corrected chi connectivity index (χ3v) is 5.83. The molecule has 2 bridgehead atoms. The van der Waals surface area contributed by atoms with Crippen molar-refractivity contribution in [3.63, 3.8) is 0 Å². The van der Waals surface area contributed by atoms with E-state index in [4.69, 9.17) is 12.2 Å². The van der Waals surface area contributed by atoms with Crippen molar-refractivity contribution < 1.29 is 0 Å². The highest BCUT2D eigenvalue weighted by Crippen LogP contribution is 2.68. The van der Waals surface area contributed by atoms with E-state index in [1.54, 1.807) is 0 Å². The molecule has 0 radical (unpaired) electrons. The molecule has 0 aromatic carbocycles. The number of H-pyrrole nitrogens is 1. The normalized spacial score (nSPS) is 37.3. The summed E-state index contributed by atoms with van der Waals surface area (Å²) in [6, 6.07) is 0.505. The fourth-order valence-corrected chi connectivity index (χ4v) is 5.03. The van der Waals surface area contributed by atoms with Crippen LogP contribution in [0.4, 0.5) is 0 Å². The van der Waals surface area contributed by atoms with Gasteiger partial charge in [-0.15, -0.1) is 0 Å². The van der Waals surface area contributed by atoms with E-state index in [1.165, 1.54) is 19.3 Å². The van der Waals surface area contributed by atoms with Crippen molar-refractivity contribution in [2.75, 3.05) is 0 Å². The predicted molar refractivity (Wildman–Crippen MR) is 75.1 cm³/mol. The Kier molecular flexibility index (Phi) is 2.54. The lowest BCUT2D eigenvalue weighted by atomic mass is 9.68. The fourth-order valence-electron chi connectivity index (χ4n) is 4.77. The van der Waals surface area contributed by atoms with Gasteiger partial charge in [0.1, 0.15) is 5.82 Å². The molecule has 2 saturated carbocycles. The first-order chi connectivity index (χ1) is 8.40. The molecule has 1 aromatic rings. The molecule has 2 fully saturated rings. The van der Waals surface area contributed by atoms with Gasteiger partial charge in [-0.2, -0.15) is 5.10 Å². The maximum absolute atomic E-state index is 5.49. The molecule has 3 rings (SSSR count). The molecule has 4 heteroatoms. The maximum Gasteiger partial charge on any atom is 0.195 e. The summed E-state index contributed by atoms with van der Waals surface area (Å²) in [5.74, 6) is 1.96. The minimum absolute atomic E-state index is 0.332. The summed E-state index contributed by atoms with van der Waals surface area (Å²) in [5, 5.41) is 7.40. The highest BCUT2D eigenvalue weighted by atomic mass is 32.1. The molecule has 1 aromatic heterocycles. The number of aryl methyl sites for hydroxylation is 1. The Morgan fingerprint density at radius 2 is 2.17 bits per heavy atom. The lowest BCUT2D eigenvalue weighted by molar-refractivity contribution is 0.0799. The number of fused-ring (bicyclic) bond motifs is 2. The number of aromatic amines is 1. The van der Waals surface area contributed by atoms with Crippen molar-refractivity contribution in [2.24, 2.45) is 16.7 Å². The number of nitrogens with zero attached hydrogens (tertiary/aromatic N) is 2. The largest absolute Gasteiger partial charge is 0.300 e. The molecule has 0 spiro atoms. The first kappa shape index (κ1) is 12.4. The number of aromatic nitrogens is 3. The van der Waals surface area contributed by atoms with Gasteiger partial charge in [-0.3, -0.25) is 9.67 Å². The summed E-state index contributed by atoms with van der Waals surface area (Å²) in [7, 11) is 0. The van der Waals surface area contributed by atoms with E-state index in [-0.39, 0.29) is 0 Å². The first-order valence-corrected chi connectivity index (χ1v) is 7.47. The quantitative estimate of drug-likeness (QED) is 0.823. The molecule has 3 unspecified atom stereocenters. The molecular weight excluding hydrogens is 242 g/mol. The van der Waals surface area contributed by atoms with Crippen LogP contribution in [0.3, 0.4) is 0 Å². The molecule has 2 aliphatic rings. The topological polar surface area (TPSA) is 33.6 Å². The predicted octanol–water partition coefficient (Wildman–Crippen LogP) is 3.89. The van der Waals surface area contributed by atoms with Crippen LogP contribution in [-0.2, 0) is 6.42 Å². The zero-order valence-electron chi connectivity index (χ0n) is 11.8. The third-order valence-electron chi connectivity index (χ3n) is 5.55. The van der Waals surface area contributed by atoms with Crippen LogP contribution in [0.2, 0.25) is 0 Å². The van der Waals surface area contributed by atoms with Gasteiger partial charge >= 0.3 is 0 Å². The number of hydrogen-bond acceptors (Lipinski definition) is 2.